The third-order valence-corrected chi connectivity index (χ3v) is 6.29. The van der Waals surface area contributed by atoms with Gasteiger partial charge in [-0.15, -0.1) is 0 Å². The van der Waals surface area contributed by atoms with Gasteiger partial charge < -0.3 is 9.47 Å². The number of benzene rings is 2. The fourth-order valence-corrected chi connectivity index (χ4v) is 4.09. The minimum absolute atomic E-state index is 0.226. The van der Waals surface area contributed by atoms with Crippen LogP contribution in [0.15, 0.2) is 47.4 Å². The molecule has 29 heavy (non-hydrogen) atoms. The zero-order valence-corrected chi connectivity index (χ0v) is 17.2. The number of ether oxygens (including phenoxy) is 2. The summed E-state index contributed by atoms with van der Waals surface area (Å²) in [6.07, 6.45) is 0. The molecule has 7 nitrogen and oxygen atoms in total. The van der Waals surface area contributed by atoms with Crippen LogP contribution in [0.5, 0.6) is 5.75 Å². The summed E-state index contributed by atoms with van der Waals surface area (Å²) in [7, 11) is -2.39. The molecule has 0 bridgehead atoms. The SMILES string of the molecule is CCN(CC)S(=O)(=O)c1ccc(F)c(C(=O)OCC(=O)c2ccc(OC)cc2)c1. The van der Waals surface area contributed by atoms with E-state index in [1.165, 1.54) is 23.5 Å². The van der Waals surface area contributed by atoms with Crippen LogP contribution in [-0.4, -0.2) is 51.3 Å². The van der Waals surface area contributed by atoms with Crippen molar-refractivity contribution in [3.05, 3.63) is 59.4 Å². The van der Waals surface area contributed by atoms with Crippen molar-refractivity contribution in [3.63, 3.8) is 0 Å². The quantitative estimate of drug-likeness (QED) is 0.455. The summed E-state index contributed by atoms with van der Waals surface area (Å²) >= 11 is 0. The van der Waals surface area contributed by atoms with Crippen molar-refractivity contribution in [1.82, 2.24) is 4.31 Å². The Morgan fingerprint density at radius 1 is 1.03 bits per heavy atom. The summed E-state index contributed by atoms with van der Waals surface area (Å²) in [6.45, 7) is 3.19. The van der Waals surface area contributed by atoms with Crippen molar-refractivity contribution in [3.8, 4) is 5.75 Å². The second kappa shape index (κ2) is 9.62. The van der Waals surface area contributed by atoms with Gasteiger partial charge in [-0.25, -0.2) is 17.6 Å². The third kappa shape index (κ3) is 5.18. The molecule has 0 aliphatic heterocycles. The van der Waals surface area contributed by atoms with Crippen LogP contribution in [0.2, 0.25) is 0 Å². The summed E-state index contributed by atoms with van der Waals surface area (Å²) in [5.41, 5.74) is -0.266. The van der Waals surface area contributed by atoms with E-state index in [0.717, 1.165) is 18.2 Å². The maximum Gasteiger partial charge on any atom is 0.341 e. The molecule has 2 rings (SSSR count). The van der Waals surface area contributed by atoms with Gasteiger partial charge in [0, 0.05) is 18.7 Å². The second-order valence-corrected chi connectivity index (χ2v) is 7.90. The molecule has 2 aromatic rings. The van der Waals surface area contributed by atoms with E-state index in [1.54, 1.807) is 26.0 Å². The topological polar surface area (TPSA) is 90.0 Å². The van der Waals surface area contributed by atoms with E-state index in [1.807, 2.05) is 0 Å². The molecule has 0 amide bonds. The first-order valence-electron chi connectivity index (χ1n) is 8.88. The van der Waals surface area contributed by atoms with Gasteiger partial charge in [0.25, 0.3) is 0 Å². The third-order valence-electron chi connectivity index (χ3n) is 4.25. The molecular weight excluding hydrogens is 401 g/mol. The summed E-state index contributed by atoms with van der Waals surface area (Å²) in [6, 6.07) is 9.07. The minimum atomic E-state index is -3.87. The average Bonchev–Trinajstić information content (AvgIpc) is 2.72. The Hall–Kier alpha value is -2.78. The Morgan fingerprint density at radius 3 is 2.21 bits per heavy atom. The molecular formula is C20H22FNO6S. The predicted molar refractivity (Wildman–Crippen MR) is 104 cm³/mol. The first-order chi connectivity index (χ1) is 13.7. The number of carbonyl (C=O) groups excluding carboxylic acids is 2. The molecule has 0 spiro atoms. The highest BCUT2D eigenvalue weighted by atomic mass is 32.2. The van der Waals surface area contributed by atoms with Crippen LogP contribution in [-0.2, 0) is 14.8 Å². The van der Waals surface area contributed by atoms with E-state index < -0.39 is 39.8 Å². The number of ketones is 1. The van der Waals surface area contributed by atoms with E-state index in [9.17, 15) is 22.4 Å². The molecule has 0 radical (unpaired) electrons. The number of esters is 1. The molecule has 0 N–H and O–H groups in total. The molecule has 2 aromatic carbocycles. The highest BCUT2D eigenvalue weighted by molar-refractivity contribution is 7.89. The fourth-order valence-electron chi connectivity index (χ4n) is 2.60. The van der Waals surface area contributed by atoms with Crippen molar-refractivity contribution in [2.24, 2.45) is 0 Å². The van der Waals surface area contributed by atoms with Gasteiger partial charge in [-0.3, -0.25) is 4.79 Å². The number of nitrogens with zero attached hydrogens (tertiary/aromatic N) is 1. The molecule has 0 aliphatic rings. The lowest BCUT2D eigenvalue weighted by atomic mass is 10.1. The second-order valence-electron chi connectivity index (χ2n) is 5.96. The Labute approximate surface area is 169 Å². The van der Waals surface area contributed by atoms with Crippen LogP contribution in [0.4, 0.5) is 4.39 Å². The van der Waals surface area contributed by atoms with Crippen LogP contribution in [0.3, 0.4) is 0 Å². The summed E-state index contributed by atoms with van der Waals surface area (Å²) in [4.78, 5) is 24.2. The number of hydrogen-bond donors (Lipinski definition) is 0. The van der Waals surface area contributed by atoms with E-state index in [2.05, 4.69) is 0 Å². The predicted octanol–water partition coefficient (Wildman–Crippen LogP) is 2.90. The summed E-state index contributed by atoms with van der Waals surface area (Å²) in [5, 5.41) is 0. The van der Waals surface area contributed by atoms with Crippen molar-refractivity contribution >= 4 is 21.8 Å². The number of methoxy groups -OCH3 is 1. The Morgan fingerprint density at radius 2 is 1.66 bits per heavy atom. The summed E-state index contributed by atoms with van der Waals surface area (Å²) < 4.78 is 50.3. The highest BCUT2D eigenvalue weighted by Crippen LogP contribution is 2.20. The highest BCUT2D eigenvalue weighted by Gasteiger charge is 2.25. The molecule has 0 atom stereocenters. The van der Waals surface area contributed by atoms with E-state index in [-0.39, 0.29) is 23.5 Å². The molecule has 0 aliphatic carbocycles. The minimum Gasteiger partial charge on any atom is -0.497 e. The lowest BCUT2D eigenvalue weighted by molar-refractivity contribution is 0.0470. The number of carbonyl (C=O) groups is 2. The maximum atomic E-state index is 14.1. The van der Waals surface area contributed by atoms with Gasteiger partial charge >= 0.3 is 5.97 Å². The molecule has 0 unspecified atom stereocenters. The monoisotopic (exact) mass is 423 g/mol. The largest absolute Gasteiger partial charge is 0.497 e. The van der Waals surface area contributed by atoms with Crippen molar-refractivity contribution < 1.29 is 31.9 Å². The normalized spacial score (nSPS) is 11.3. The van der Waals surface area contributed by atoms with Crippen molar-refractivity contribution in [2.45, 2.75) is 18.7 Å². The van der Waals surface area contributed by atoms with Gasteiger partial charge in [-0.1, -0.05) is 13.8 Å². The lowest BCUT2D eigenvalue weighted by Gasteiger charge is -2.18. The van der Waals surface area contributed by atoms with E-state index in [4.69, 9.17) is 9.47 Å². The van der Waals surface area contributed by atoms with Crippen LogP contribution >= 0.6 is 0 Å². The Bertz CT molecular complexity index is 985. The molecule has 0 fully saturated rings. The molecule has 0 saturated heterocycles. The van der Waals surface area contributed by atoms with Crippen LogP contribution in [0, 0.1) is 5.82 Å². The fraction of sp³-hybridized carbons (Fsp3) is 0.300. The number of rotatable bonds is 9. The molecule has 156 valence electrons. The van der Waals surface area contributed by atoms with Gasteiger partial charge in [0.15, 0.2) is 12.4 Å². The van der Waals surface area contributed by atoms with Gasteiger partial charge in [-0.05, 0) is 42.5 Å². The van der Waals surface area contributed by atoms with Crippen LogP contribution < -0.4 is 4.74 Å². The van der Waals surface area contributed by atoms with Crippen molar-refractivity contribution in [2.75, 3.05) is 26.8 Å². The van der Waals surface area contributed by atoms with Crippen LogP contribution in [0.25, 0.3) is 0 Å². The summed E-state index contributed by atoms with van der Waals surface area (Å²) in [5.74, 6) is -1.99. The Kier molecular flexibility index (Phi) is 7.46. The van der Waals surface area contributed by atoms with Gasteiger partial charge in [0.2, 0.25) is 10.0 Å². The molecule has 0 heterocycles. The molecule has 0 aromatic heterocycles. The number of Topliss-reactive ketones (excluding diaryl/α,β-unsaturated/α-hetero) is 1. The Balaban J connectivity index is 2.17. The number of halogens is 1. The molecule has 9 heteroatoms. The van der Waals surface area contributed by atoms with Crippen LogP contribution in [0.1, 0.15) is 34.6 Å². The van der Waals surface area contributed by atoms with Crippen molar-refractivity contribution in [1.29, 1.82) is 0 Å². The van der Waals surface area contributed by atoms with Gasteiger partial charge in [0.1, 0.15) is 11.6 Å². The zero-order valence-electron chi connectivity index (χ0n) is 16.3. The number of sulfonamides is 1. The van der Waals surface area contributed by atoms with Gasteiger partial charge in [0.05, 0.1) is 17.6 Å². The lowest BCUT2D eigenvalue weighted by Crippen LogP contribution is -2.30. The van der Waals surface area contributed by atoms with Gasteiger partial charge in [-0.2, -0.15) is 4.31 Å². The first-order valence-corrected chi connectivity index (χ1v) is 10.3. The number of hydrogen-bond acceptors (Lipinski definition) is 6. The molecule has 0 saturated carbocycles. The first kappa shape index (κ1) is 22.5. The average molecular weight is 423 g/mol. The maximum absolute atomic E-state index is 14.1. The van der Waals surface area contributed by atoms with E-state index in [0.29, 0.717) is 5.75 Å². The standard InChI is InChI=1S/C20H22FNO6S/c1-4-22(5-2)29(25,26)16-10-11-18(21)17(12-16)20(24)28-13-19(23)14-6-8-15(27-3)9-7-14/h6-12H,4-5,13H2,1-3H3. The zero-order chi connectivity index (χ0) is 21.6. The van der Waals surface area contributed by atoms with E-state index >= 15 is 0 Å². The smallest absolute Gasteiger partial charge is 0.341 e.